The van der Waals surface area contributed by atoms with Gasteiger partial charge in [-0.1, -0.05) is 110 Å². The van der Waals surface area contributed by atoms with Gasteiger partial charge in [0.2, 0.25) is 0 Å². The molecule has 0 fully saturated rings. The van der Waals surface area contributed by atoms with E-state index in [2.05, 4.69) is 20.8 Å². The van der Waals surface area contributed by atoms with Crippen molar-refractivity contribution in [2.24, 2.45) is 0 Å². The van der Waals surface area contributed by atoms with Crippen LogP contribution < -0.4 is 0 Å². The maximum Gasteiger partial charge on any atom is 0.0873 e. The van der Waals surface area contributed by atoms with E-state index in [1.165, 1.54) is 108 Å². The molecule has 0 saturated carbocycles. The number of ether oxygens (including phenoxy) is 1. The van der Waals surface area contributed by atoms with Gasteiger partial charge >= 0.3 is 0 Å². The third-order valence-corrected chi connectivity index (χ3v) is 4.96. The van der Waals surface area contributed by atoms with Crippen molar-refractivity contribution < 1.29 is 4.74 Å². The smallest absolute Gasteiger partial charge is 0.0873 e. The Morgan fingerprint density at radius 2 is 0.958 bits per heavy atom. The summed E-state index contributed by atoms with van der Waals surface area (Å²) < 4.78 is 5.54. The van der Waals surface area contributed by atoms with Crippen LogP contribution in [0.15, 0.2) is 11.8 Å². The fourth-order valence-electron chi connectivity index (χ4n) is 3.02. The van der Waals surface area contributed by atoms with Crippen LogP contribution in [0.2, 0.25) is 0 Å². The second-order valence-corrected chi connectivity index (χ2v) is 7.49. The highest BCUT2D eigenvalue weighted by Crippen LogP contribution is 2.13. The lowest BCUT2D eigenvalue weighted by Crippen LogP contribution is -1.89. The zero-order valence-electron chi connectivity index (χ0n) is 17.2. The number of unbranched alkanes of at least 4 members (excludes halogenated alkanes) is 15. The predicted octanol–water partition coefficient (Wildman–Crippen LogP) is 8.58. The summed E-state index contributed by atoms with van der Waals surface area (Å²) in [4.78, 5) is 0. The first-order valence-electron chi connectivity index (χ1n) is 11.1. The molecule has 0 aromatic heterocycles. The molecule has 0 heterocycles. The van der Waals surface area contributed by atoms with E-state index in [0.717, 1.165) is 13.0 Å². The van der Waals surface area contributed by atoms with E-state index in [9.17, 15) is 0 Å². The molecule has 0 atom stereocenters. The first kappa shape index (κ1) is 23.5. The molecule has 0 aliphatic carbocycles. The molecule has 0 N–H and O–H groups in total. The first-order chi connectivity index (χ1) is 11.8. The average Bonchev–Trinajstić information content (AvgIpc) is 2.60. The molecule has 0 aliphatic heterocycles. The fourth-order valence-corrected chi connectivity index (χ4v) is 3.02. The van der Waals surface area contributed by atoms with Crippen molar-refractivity contribution in [2.45, 2.75) is 130 Å². The molecule has 0 aromatic rings. The summed E-state index contributed by atoms with van der Waals surface area (Å²) in [5.41, 5.74) is 1.34. The Kier molecular flexibility index (Phi) is 20.2. The SMILES string of the molecule is CCCCCCCCCCCCCCCCCCOC=C(C)CC. The van der Waals surface area contributed by atoms with E-state index in [1.54, 1.807) is 0 Å². The maximum absolute atomic E-state index is 5.54. The summed E-state index contributed by atoms with van der Waals surface area (Å²) >= 11 is 0. The van der Waals surface area contributed by atoms with Crippen LogP contribution in [0.4, 0.5) is 0 Å². The van der Waals surface area contributed by atoms with Gasteiger partial charge in [0.05, 0.1) is 12.9 Å². The van der Waals surface area contributed by atoms with Gasteiger partial charge in [0.15, 0.2) is 0 Å². The van der Waals surface area contributed by atoms with E-state index in [0.29, 0.717) is 0 Å². The standard InChI is InChI=1S/C23H46O/c1-4-6-7-8-9-10-11-12-13-14-15-16-17-18-19-20-21-24-22-23(3)5-2/h22H,4-21H2,1-3H3. The van der Waals surface area contributed by atoms with E-state index < -0.39 is 0 Å². The van der Waals surface area contributed by atoms with Crippen LogP contribution in [0.1, 0.15) is 130 Å². The summed E-state index contributed by atoms with van der Waals surface area (Å²) in [6.45, 7) is 7.49. The van der Waals surface area contributed by atoms with E-state index in [1.807, 2.05) is 6.26 Å². The van der Waals surface area contributed by atoms with Gasteiger partial charge in [-0.25, -0.2) is 0 Å². The monoisotopic (exact) mass is 338 g/mol. The third-order valence-electron chi connectivity index (χ3n) is 4.96. The van der Waals surface area contributed by atoms with Gasteiger partial charge < -0.3 is 4.74 Å². The molecule has 144 valence electrons. The first-order valence-corrected chi connectivity index (χ1v) is 11.1. The summed E-state index contributed by atoms with van der Waals surface area (Å²) in [6, 6.07) is 0. The van der Waals surface area contributed by atoms with E-state index in [4.69, 9.17) is 4.74 Å². The summed E-state index contributed by atoms with van der Waals surface area (Å²) in [6.07, 6.45) is 25.8. The molecule has 0 rings (SSSR count). The van der Waals surface area contributed by atoms with Gasteiger partial charge in [0.25, 0.3) is 0 Å². The second kappa shape index (κ2) is 20.6. The van der Waals surface area contributed by atoms with Crippen LogP contribution in [-0.4, -0.2) is 6.61 Å². The van der Waals surface area contributed by atoms with Crippen LogP contribution in [0, 0.1) is 0 Å². The predicted molar refractivity (Wildman–Crippen MR) is 110 cm³/mol. The Morgan fingerprint density at radius 1 is 0.583 bits per heavy atom. The van der Waals surface area contributed by atoms with Gasteiger partial charge in [-0.05, 0) is 25.3 Å². The summed E-state index contributed by atoms with van der Waals surface area (Å²) in [7, 11) is 0. The van der Waals surface area contributed by atoms with Gasteiger partial charge in [-0.2, -0.15) is 0 Å². The van der Waals surface area contributed by atoms with Crippen LogP contribution in [0.3, 0.4) is 0 Å². The third kappa shape index (κ3) is 19.6. The molecule has 0 unspecified atom stereocenters. The Labute approximate surface area is 153 Å². The van der Waals surface area contributed by atoms with Crippen molar-refractivity contribution in [3.63, 3.8) is 0 Å². The highest BCUT2D eigenvalue weighted by Gasteiger charge is 1.94. The molecule has 1 nitrogen and oxygen atoms in total. The Balaban J connectivity index is 3.03. The van der Waals surface area contributed by atoms with E-state index >= 15 is 0 Å². The van der Waals surface area contributed by atoms with E-state index in [-0.39, 0.29) is 0 Å². The number of allylic oxidation sites excluding steroid dienone is 1. The fraction of sp³-hybridized carbons (Fsp3) is 0.913. The quantitative estimate of drug-likeness (QED) is 0.169. The maximum atomic E-state index is 5.54. The molecule has 0 aliphatic rings. The Morgan fingerprint density at radius 3 is 1.33 bits per heavy atom. The van der Waals surface area contributed by atoms with Gasteiger partial charge in [-0.3, -0.25) is 0 Å². The minimum absolute atomic E-state index is 0.899. The lowest BCUT2D eigenvalue weighted by molar-refractivity contribution is 0.237. The molecule has 1 heteroatoms. The van der Waals surface area contributed by atoms with Crippen molar-refractivity contribution in [2.75, 3.05) is 6.61 Å². The van der Waals surface area contributed by atoms with Gasteiger partial charge in [0, 0.05) is 0 Å². The molecule has 24 heavy (non-hydrogen) atoms. The van der Waals surface area contributed by atoms with Crippen molar-refractivity contribution in [1.82, 2.24) is 0 Å². The zero-order chi connectivity index (χ0) is 17.7. The lowest BCUT2D eigenvalue weighted by atomic mass is 10.0. The van der Waals surface area contributed by atoms with Crippen molar-refractivity contribution in [3.8, 4) is 0 Å². The molecule has 0 amide bonds. The van der Waals surface area contributed by atoms with Crippen LogP contribution >= 0.6 is 0 Å². The van der Waals surface area contributed by atoms with Crippen molar-refractivity contribution >= 4 is 0 Å². The lowest BCUT2D eigenvalue weighted by Gasteiger charge is -2.04. The largest absolute Gasteiger partial charge is 0.501 e. The summed E-state index contributed by atoms with van der Waals surface area (Å²) in [5, 5.41) is 0. The van der Waals surface area contributed by atoms with Crippen LogP contribution in [0.25, 0.3) is 0 Å². The Hall–Kier alpha value is -0.460. The molecule has 0 radical (unpaired) electrons. The van der Waals surface area contributed by atoms with Crippen molar-refractivity contribution in [1.29, 1.82) is 0 Å². The molecular formula is C23H46O. The Bertz CT molecular complexity index is 257. The minimum atomic E-state index is 0.899. The second-order valence-electron chi connectivity index (χ2n) is 7.49. The number of rotatable bonds is 19. The minimum Gasteiger partial charge on any atom is -0.501 e. The van der Waals surface area contributed by atoms with Gasteiger partial charge in [0.1, 0.15) is 0 Å². The highest BCUT2D eigenvalue weighted by atomic mass is 16.5. The van der Waals surface area contributed by atoms with Gasteiger partial charge in [-0.15, -0.1) is 0 Å². The van der Waals surface area contributed by atoms with Crippen LogP contribution in [0.5, 0.6) is 0 Å². The molecule has 0 aromatic carbocycles. The van der Waals surface area contributed by atoms with Crippen LogP contribution in [-0.2, 0) is 4.74 Å². The molecular weight excluding hydrogens is 292 g/mol. The molecule has 0 bridgehead atoms. The molecule has 0 spiro atoms. The van der Waals surface area contributed by atoms with Crippen molar-refractivity contribution in [3.05, 3.63) is 11.8 Å². The topological polar surface area (TPSA) is 9.23 Å². The number of hydrogen-bond donors (Lipinski definition) is 0. The average molecular weight is 339 g/mol. The normalized spacial score (nSPS) is 11.9. The zero-order valence-corrected chi connectivity index (χ0v) is 17.2. The molecule has 0 saturated heterocycles. The number of hydrogen-bond acceptors (Lipinski definition) is 1. The summed E-state index contributed by atoms with van der Waals surface area (Å²) in [5.74, 6) is 0. The highest BCUT2D eigenvalue weighted by molar-refractivity contribution is 4.90.